The van der Waals surface area contributed by atoms with Gasteiger partial charge in [0.15, 0.2) is 5.78 Å². The molecule has 0 aromatic rings. The summed E-state index contributed by atoms with van der Waals surface area (Å²) in [6.45, 7) is 5.23. The molecule has 2 heteroatoms. The first kappa shape index (κ1) is 10.1. The quantitative estimate of drug-likeness (QED) is 0.579. The minimum absolute atomic E-state index is 0.0419. The van der Waals surface area contributed by atoms with Gasteiger partial charge in [-0.05, 0) is 26.8 Å². The number of carbonyl (C=O) groups excluding carboxylic acids is 2. The summed E-state index contributed by atoms with van der Waals surface area (Å²) in [5, 5.41) is 0. The third-order valence-electron chi connectivity index (χ3n) is 1.17. The lowest BCUT2D eigenvalue weighted by atomic mass is 10.1. The molecular weight excluding hydrogens is 140 g/mol. The maximum atomic E-state index is 10.9. The van der Waals surface area contributed by atoms with Crippen LogP contribution in [-0.2, 0) is 9.59 Å². The Bertz CT molecular complexity index is 186. The van der Waals surface area contributed by atoms with E-state index in [2.05, 4.69) is 0 Å². The highest BCUT2D eigenvalue weighted by Gasteiger charge is 1.99. The molecule has 0 heterocycles. The van der Waals surface area contributed by atoms with Crippen molar-refractivity contribution < 1.29 is 9.59 Å². The molecule has 0 fully saturated rings. The summed E-state index contributed by atoms with van der Waals surface area (Å²) in [6, 6.07) is 0. The average Bonchev–Trinajstić information content (AvgIpc) is 1.82. The number of carbonyl (C=O) groups is 2. The SMILES string of the molecule is CC(=O)CCC(=O)C=C(C)C. The second-order valence-electron chi connectivity index (χ2n) is 2.89. The smallest absolute Gasteiger partial charge is 0.156 e. The van der Waals surface area contributed by atoms with Crippen molar-refractivity contribution in [3.05, 3.63) is 11.6 Å². The number of ketones is 2. The Morgan fingerprint density at radius 2 is 1.64 bits per heavy atom. The topological polar surface area (TPSA) is 34.1 Å². The van der Waals surface area contributed by atoms with Gasteiger partial charge in [-0.2, -0.15) is 0 Å². The van der Waals surface area contributed by atoms with Crippen LogP contribution in [0.3, 0.4) is 0 Å². The second-order valence-corrected chi connectivity index (χ2v) is 2.89. The van der Waals surface area contributed by atoms with Gasteiger partial charge in [-0.15, -0.1) is 0 Å². The van der Waals surface area contributed by atoms with E-state index < -0.39 is 0 Å². The first-order chi connectivity index (χ1) is 5.02. The lowest BCUT2D eigenvalue weighted by Gasteiger charge is -1.92. The molecule has 0 saturated carbocycles. The molecule has 0 rings (SSSR count). The first-order valence-electron chi connectivity index (χ1n) is 3.69. The molecule has 62 valence electrons. The van der Waals surface area contributed by atoms with Crippen LogP contribution >= 0.6 is 0 Å². The summed E-state index contributed by atoms with van der Waals surface area (Å²) in [6.07, 6.45) is 2.28. The second kappa shape index (κ2) is 4.83. The molecule has 11 heavy (non-hydrogen) atoms. The van der Waals surface area contributed by atoms with Crippen molar-refractivity contribution in [2.24, 2.45) is 0 Å². The highest BCUT2D eigenvalue weighted by Crippen LogP contribution is 1.96. The van der Waals surface area contributed by atoms with E-state index in [4.69, 9.17) is 0 Å². The van der Waals surface area contributed by atoms with Crippen LogP contribution in [0.2, 0.25) is 0 Å². The van der Waals surface area contributed by atoms with Gasteiger partial charge in [0, 0.05) is 12.8 Å². The van der Waals surface area contributed by atoms with Crippen molar-refractivity contribution in [3.8, 4) is 0 Å². The fraction of sp³-hybridized carbons (Fsp3) is 0.556. The summed E-state index contributed by atoms with van der Waals surface area (Å²) >= 11 is 0. The van der Waals surface area contributed by atoms with Gasteiger partial charge in [0.25, 0.3) is 0 Å². The Balaban J connectivity index is 3.71. The minimum Gasteiger partial charge on any atom is -0.300 e. The molecule has 0 aliphatic carbocycles. The lowest BCUT2D eigenvalue weighted by Crippen LogP contribution is -1.98. The maximum Gasteiger partial charge on any atom is 0.156 e. The Labute approximate surface area is 67.3 Å². The molecule has 0 aliphatic rings. The molecule has 0 atom stereocenters. The van der Waals surface area contributed by atoms with Gasteiger partial charge in [0.05, 0.1) is 0 Å². The van der Waals surface area contributed by atoms with Crippen LogP contribution in [0.4, 0.5) is 0 Å². The zero-order valence-electron chi connectivity index (χ0n) is 7.31. The maximum absolute atomic E-state index is 10.9. The van der Waals surface area contributed by atoms with Crippen LogP contribution in [0.25, 0.3) is 0 Å². The summed E-state index contributed by atoms with van der Waals surface area (Å²) < 4.78 is 0. The van der Waals surface area contributed by atoms with Crippen LogP contribution in [0.15, 0.2) is 11.6 Å². The third kappa shape index (κ3) is 6.97. The predicted molar refractivity (Wildman–Crippen MR) is 44.4 cm³/mol. The molecule has 0 saturated heterocycles. The van der Waals surface area contributed by atoms with Crippen molar-refractivity contribution >= 4 is 11.6 Å². The predicted octanol–water partition coefficient (Wildman–Crippen LogP) is 1.89. The Kier molecular flexibility index (Phi) is 4.42. The van der Waals surface area contributed by atoms with Gasteiger partial charge in [0.1, 0.15) is 5.78 Å². The van der Waals surface area contributed by atoms with Gasteiger partial charge in [-0.3, -0.25) is 4.79 Å². The van der Waals surface area contributed by atoms with E-state index in [9.17, 15) is 9.59 Å². The molecule has 0 spiro atoms. The van der Waals surface area contributed by atoms with Crippen LogP contribution in [0.1, 0.15) is 33.6 Å². The Morgan fingerprint density at radius 3 is 2.00 bits per heavy atom. The summed E-state index contributed by atoms with van der Waals surface area (Å²) in [5.41, 5.74) is 0.985. The molecule has 0 unspecified atom stereocenters. The number of Topliss-reactive ketones (excluding diaryl/α,β-unsaturated/α-hetero) is 1. The zero-order valence-corrected chi connectivity index (χ0v) is 7.31. The number of hydrogen-bond donors (Lipinski definition) is 0. The zero-order chi connectivity index (χ0) is 8.85. The molecule has 0 N–H and O–H groups in total. The summed E-state index contributed by atoms with van der Waals surface area (Å²) in [5.74, 6) is 0.112. The number of rotatable bonds is 4. The molecule has 2 nitrogen and oxygen atoms in total. The van der Waals surface area contributed by atoms with Crippen LogP contribution in [0.5, 0.6) is 0 Å². The van der Waals surface area contributed by atoms with E-state index >= 15 is 0 Å². The van der Waals surface area contributed by atoms with Gasteiger partial charge < -0.3 is 4.79 Å². The number of hydrogen-bond acceptors (Lipinski definition) is 2. The standard InChI is InChI=1S/C9H14O2/c1-7(2)6-9(11)5-4-8(3)10/h6H,4-5H2,1-3H3. The van der Waals surface area contributed by atoms with Crippen molar-refractivity contribution in [1.29, 1.82) is 0 Å². The van der Waals surface area contributed by atoms with Crippen molar-refractivity contribution in [3.63, 3.8) is 0 Å². The largest absolute Gasteiger partial charge is 0.300 e. The van der Waals surface area contributed by atoms with Crippen molar-refractivity contribution in [2.75, 3.05) is 0 Å². The minimum atomic E-state index is 0.0419. The summed E-state index contributed by atoms with van der Waals surface area (Å²) in [7, 11) is 0. The normalized spacial score (nSPS) is 9.00. The van der Waals surface area contributed by atoms with Crippen LogP contribution < -0.4 is 0 Å². The van der Waals surface area contributed by atoms with Gasteiger partial charge in [-0.1, -0.05) is 5.57 Å². The fourth-order valence-electron chi connectivity index (χ4n) is 0.693. The van der Waals surface area contributed by atoms with E-state index in [0.717, 1.165) is 5.57 Å². The first-order valence-corrected chi connectivity index (χ1v) is 3.69. The molecule has 0 aromatic heterocycles. The average molecular weight is 154 g/mol. The van der Waals surface area contributed by atoms with Crippen LogP contribution in [-0.4, -0.2) is 11.6 Å². The molecule has 0 aromatic carbocycles. The van der Waals surface area contributed by atoms with E-state index in [0.29, 0.717) is 12.8 Å². The van der Waals surface area contributed by atoms with Gasteiger partial charge >= 0.3 is 0 Å². The molecule has 0 amide bonds. The monoisotopic (exact) mass is 154 g/mol. The Hall–Kier alpha value is -0.920. The van der Waals surface area contributed by atoms with E-state index in [1.807, 2.05) is 13.8 Å². The molecule has 0 aliphatic heterocycles. The van der Waals surface area contributed by atoms with Gasteiger partial charge in [0.2, 0.25) is 0 Å². The lowest BCUT2D eigenvalue weighted by molar-refractivity contribution is -0.121. The third-order valence-corrected chi connectivity index (χ3v) is 1.17. The highest BCUT2D eigenvalue weighted by molar-refractivity contribution is 5.92. The van der Waals surface area contributed by atoms with E-state index in [1.165, 1.54) is 6.92 Å². The Morgan fingerprint density at radius 1 is 1.09 bits per heavy atom. The molecular formula is C9H14O2. The van der Waals surface area contributed by atoms with Crippen molar-refractivity contribution in [2.45, 2.75) is 33.6 Å². The summed E-state index contributed by atoms with van der Waals surface area (Å²) in [4.78, 5) is 21.4. The van der Waals surface area contributed by atoms with E-state index in [1.54, 1.807) is 6.08 Å². The van der Waals surface area contributed by atoms with Crippen LogP contribution in [0, 0.1) is 0 Å². The fourth-order valence-corrected chi connectivity index (χ4v) is 0.693. The molecule has 0 bridgehead atoms. The van der Waals surface area contributed by atoms with Gasteiger partial charge in [-0.25, -0.2) is 0 Å². The van der Waals surface area contributed by atoms with E-state index in [-0.39, 0.29) is 11.6 Å². The number of allylic oxidation sites excluding steroid dienone is 2. The van der Waals surface area contributed by atoms with Crippen molar-refractivity contribution in [1.82, 2.24) is 0 Å². The molecule has 0 radical (unpaired) electrons. The highest BCUT2D eigenvalue weighted by atomic mass is 16.1.